The van der Waals surface area contributed by atoms with Crippen LogP contribution in [0.4, 0.5) is 0 Å². The number of benzene rings is 1. The lowest BCUT2D eigenvalue weighted by Gasteiger charge is -1.98. The molecule has 0 aliphatic heterocycles. The first-order valence-electron chi connectivity index (χ1n) is 5.53. The van der Waals surface area contributed by atoms with Gasteiger partial charge in [0.1, 0.15) is 0 Å². The Kier molecular flexibility index (Phi) is 2.73. The number of H-pyrrole nitrogens is 1. The summed E-state index contributed by atoms with van der Waals surface area (Å²) in [5, 5.41) is 3.44. The normalized spacial score (nSPS) is 11.0. The molecule has 2 nitrogen and oxygen atoms in total. The number of carbonyl (C=O) groups excluding carboxylic acids is 1. The number of halogens is 1. The summed E-state index contributed by atoms with van der Waals surface area (Å²) < 4.78 is 0. The number of hydrogen-bond donors (Lipinski definition) is 1. The highest BCUT2D eigenvalue weighted by molar-refractivity contribution is 7.12. The van der Waals surface area contributed by atoms with E-state index >= 15 is 0 Å². The molecular formula is C14H10ClNOS. The summed E-state index contributed by atoms with van der Waals surface area (Å²) in [6.07, 6.45) is 1.73. The molecular weight excluding hydrogens is 266 g/mol. The third-order valence-electron chi connectivity index (χ3n) is 2.98. The van der Waals surface area contributed by atoms with Gasteiger partial charge in [-0.25, -0.2) is 0 Å². The SMILES string of the molecule is Cc1ccsc1C(=O)c1c[nH]c2c(Cl)cccc12. The quantitative estimate of drug-likeness (QED) is 0.690. The van der Waals surface area contributed by atoms with Gasteiger partial charge >= 0.3 is 0 Å². The first kappa shape index (κ1) is 11.5. The van der Waals surface area contributed by atoms with Crippen LogP contribution in [0.3, 0.4) is 0 Å². The molecule has 3 rings (SSSR count). The van der Waals surface area contributed by atoms with Crippen molar-refractivity contribution in [2.24, 2.45) is 0 Å². The van der Waals surface area contributed by atoms with E-state index in [2.05, 4.69) is 4.98 Å². The van der Waals surface area contributed by atoms with Crippen LogP contribution in [0.1, 0.15) is 20.8 Å². The lowest BCUT2D eigenvalue weighted by Crippen LogP contribution is -1.99. The predicted molar refractivity (Wildman–Crippen MR) is 75.8 cm³/mol. The predicted octanol–water partition coefficient (Wildman–Crippen LogP) is 4.42. The van der Waals surface area contributed by atoms with Crippen LogP contribution in [0, 0.1) is 6.92 Å². The molecule has 0 atom stereocenters. The van der Waals surface area contributed by atoms with E-state index in [1.807, 2.05) is 36.6 Å². The fourth-order valence-electron chi connectivity index (χ4n) is 2.03. The van der Waals surface area contributed by atoms with Gasteiger partial charge in [0, 0.05) is 17.1 Å². The van der Waals surface area contributed by atoms with Gasteiger partial charge in [-0.2, -0.15) is 0 Å². The van der Waals surface area contributed by atoms with E-state index in [0.29, 0.717) is 10.6 Å². The van der Waals surface area contributed by atoms with Crippen LogP contribution in [0.15, 0.2) is 35.8 Å². The molecule has 0 saturated carbocycles. The molecule has 0 spiro atoms. The van der Waals surface area contributed by atoms with Crippen molar-refractivity contribution in [2.75, 3.05) is 0 Å². The zero-order chi connectivity index (χ0) is 12.7. The van der Waals surface area contributed by atoms with Crippen LogP contribution in [-0.2, 0) is 0 Å². The fraction of sp³-hybridized carbons (Fsp3) is 0.0714. The third-order valence-corrected chi connectivity index (χ3v) is 4.31. The van der Waals surface area contributed by atoms with Crippen molar-refractivity contribution < 1.29 is 4.79 Å². The number of thiophene rings is 1. The van der Waals surface area contributed by atoms with Gasteiger partial charge in [0.2, 0.25) is 5.78 Å². The number of aromatic amines is 1. The molecule has 4 heteroatoms. The summed E-state index contributed by atoms with van der Waals surface area (Å²) in [4.78, 5) is 16.3. The van der Waals surface area contributed by atoms with Crippen LogP contribution in [0.5, 0.6) is 0 Å². The van der Waals surface area contributed by atoms with Crippen molar-refractivity contribution in [2.45, 2.75) is 6.92 Å². The van der Waals surface area contributed by atoms with E-state index in [4.69, 9.17) is 11.6 Å². The number of carbonyl (C=O) groups is 1. The number of aryl methyl sites for hydroxylation is 1. The number of hydrogen-bond acceptors (Lipinski definition) is 2. The Morgan fingerprint density at radius 3 is 2.89 bits per heavy atom. The zero-order valence-electron chi connectivity index (χ0n) is 9.66. The van der Waals surface area contributed by atoms with E-state index in [1.165, 1.54) is 11.3 Å². The van der Waals surface area contributed by atoms with Crippen LogP contribution < -0.4 is 0 Å². The number of fused-ring (bicyclic) bond motifs is 1. The Morgan fingerprint density at radius 1 is 1.33 bits per heavy atom. The molecule has 0 saturated heterocycles. The third kappa shape index (κ3) is 1.67. The molecule has 3 aromatic rings. The standard InChI is InChI=1S/C14H10ClNOS/c1-8-5-6-18-14(8)13(17)10-7-16-12-9(10)3-2-4-11(12)15/h2-7,16H,1H3. The first-order chi connectivity index (χ1) is 8.68. The van der Waals surface area contributed by atoms with Gasteiger partial charge in [0.25, 0.3) is 0 Å². The lowest BCUT2D eigenvalue weighted by molar-refractivity contribution is 0.104. The van der Waals surface area contributed by atoms with Crippen LogP contribution in [0.2, 0.25) is 5.02 Å². The van der Waals surface area contributed by atoms with Crippen LogP contribution >= 0.6 is 22.9 Å². The maximum absolute atomic E-state index is 12.5. The number of ketones is 1. The van der Waals surface area contributed by atoms with E-state index in [1.54, 1.807) is 6.20 Å². The number of aromatic nitrogens is 1. The molecule has 0 radical (unpaired) electrons. The molecule has 0 aliphatic rings. The van der Waals surface area contributed by atoms with Crippen LogP contribution in [0.25, 0.3) is 10.9 Å². The molecule has 0 amide bonds. The van der Waals surface area contributed by atoms with Gasteiger partial charge < -0.3 is 4.98 Å². The lowest BCUT2D eigenvalue weighted by atomic mass is 10.1. The topological polar surface area (TPSA) is 32.9 Å². The zero-order valence-corrected chi connectivity index (χ0v) is 11.2. The summed E-state index contributed by atoms with van der Waals surface area (Å²) in [5.41, 5.74) is 2.51. The average molecular weight is 276 g/mol. The minimum atomic E-state index is 0.0519. The molecule has 2 heterocycles. The summed E-state index contributed by atoms with van der Waals surface area (Å²) in [5.74, 6) is 0.0519. The second kappa shape index (κ2) is 4.26. The molecule has 1 aromatic carbocycles. The summed E-state index contributed by atoms with van der Waals surface area (Å²) in [6.45, 7) is 1.95. The first-order valence-corrected chi connectivity index (χ1v) is 6.78. The maximum atomic E-state index is 12.5. The summed E-state index contributed by atoms with van der Waals surface area (Å²) in [6, 6.07) is 7.54. The van der Waals surface area contributed by atoms with Crippen molar-refractivity contribution in [3.05, 3.63) is 56.9 Å². The Hall–Kier alpha value is -1.58. The number of nitrogens with one attached hydrogen (secondary N) is 1. The van der Waals surface area contributed by atoms with Gasteiger partial charge in [-0.05, 0) is 30.0 Å². The van der Waals surface area contributed by atoms with Crippen molar-refractivity contribution in [3.8, 4) is 0 Å². The largest absolute Gasteiger partial charge is 0.359 e. The molecule has 0 unspecified atom stereocenters. The molecule has 2 aromatic heterocycles. The number of para-hydroxylation sites is 1. The van der Waals surface area contributed by atoms with Crippen molar-refractivity contribution in [3.63, 3.8) is 0 Å². The fourth-order valence-corrected chi connectivity index (χ4v) is 3.14. The van der Waals surface area contributed by atoms with Gasteiger partial charge in [-0.1, -0.05) is 23.7 Å². The van der Waals surface area contributed by atoms with Gasteiger partial charge in [-0.15, -0.1) is 11.3 Å². The van der Waals surface area contributed by atoms with Gasteiger partial charge in [0.05, 0.1) is 15.4 Å². The van der Waals surface area contributed by atoms with Crippen molar-refractivity contribution >= 4 is 39.6 Å². The molecule has 0 aliphatic carbocycles. The Labute approximate surface area is 113 Å². The minimum Gasteiger partial charge on any atom is -0.359 e. The molecule has 0 fully saturated rings. The second-order valence-electron chi connectivity index (χ2n) is 4.13. The van der Waals surface area contributed by atoms with E-state index in [0.717, 1.165) is 21.3 Å². The molecule has 0 bridgehead atoms. The highest BCUT2D eigenvalue weighted by atomic mass is 35.5. The van der Waals surface area contributed by atoms with E-state index in [-0.39, 0.29) is 5.78 Å². The van der Waals surface area contributed by atoms with Gasteiger partial charge in [0.15, 0.2) is 0 Å². The molecule has 90 valence electrons. The van der Waals surface area contributed by atoms with Crippen molar-refractivity contribution in [1.29, 1.82) is 0 Å². The molecule has 18 heavy (non-hydrogen) atoms. The highest BCUT2D eigenvalue weighted by Crippen LogP contribution is 2.28. The monoisotopic (exact) mass is 275 g/mol. The second-order valence-corrected chi connectivity index (χ2v) is 5.45. The summed E-state index contributed by atoms with van der Waals surface area (Å²) in [7, 11) is 0. The van der Waals surface area contributed by atoms with E-state index in [9.17, 15) is 4.79 Å². The van der Waals surface area contributed by atoms with Crippen molar-refractivity contribution in [1.82, 2.24) is 4.98 Å². The Morgan fingerprint density at radius 2 is 2.17 bits per heavy atom. The smallest absolute Gasteiger partial charge is 0.205 e. The number of rotatable bonds is 2. The summed E-state index contributed by atoms with van der Waals surface area (Å²) >= 11 is 7.56. The van der Waals surface area contributed by atoms with Crippen LogP contribution in [-0.4, -0.2) is 10.8 Å². The average Bonchev–Trinajstić information content (AvgIpc) is 2.95. The highest BCUT2D eigenvalue weighted by Gasteiger charge is 2.17. The van der Waals surface area contributed by atoms with Gasteiger partial charge in [-0.3, -0.25) is 4.79 Å². The minimum absolute atomic E-state index is 0.0519. The Bertz CT molecular complexity index is 741. The van der Waals surface area contributed by atoms with E-state index < -0.39 is 0 Å². The molecule has 1 N–H and O–H groups in total. The Balaban J connectivity index is 2.19. The maximum Gasteiger partial charge on any atom is 0.205 e.